The van der Waals surface area contributed by atoms with E-state index in [9.17, 15) is 31.2 Å². The molecule has 0 spiro atoms. The molecule has 2 amide bonds. The van der Waals surface area contributed by atoms with E-state index in [-0.39, 0.29) is 17.5 Å². The summed E-state index contributed by atoms with van der Waals surface area (Å²) in [5, 5.41) is 2.39. The first-order chi connectivity index (χ1) is 21.7. The minimum atomic E-state index is -4.89. The first-order valence-electron chi connectivity index (χ1n) is 14.9. The van der Waals surface area contributed by atoms with E-state index in [1.165, 1.54) is 24.1 Å². The number of nitrogens with one attached hydrogen (secondary N) is 1. The van der Waals surface area contributed by atoms with Crippen molar-refractivity contribution >= 4 is 39.1 Å². The van der Waals surface area contributed by atoms with Crippen LogP contribution in [0, 0.1) is 6.92 Å². The van der Waals surface area contributed by atoms with E-state index in [1.54, 1.807) is 50.2 Å². The highest BCUT2D eigenvalue weighted by Gasteiger charge is 2.37. The van der Waals surface area contributed by atoms with E-state index in [0.29, 0.717) is 21.7 Å². The van der Waals surface area contributed by atoms with Gasteiger partial charge in [-0.3, -0.25) is 13.9 Å². The third-order valence-corrected chi connectivity index (χ3v) is 10.2. The molecule has 3 aromatic carbocycles. The van der Waals surface area contributed by atoms with Gasteiger partial charge >= 0.3 is 6.18 Å². The summed E-state index contributed by atoms with van der Waals surface area (Å²) < 4.78 is 75.4. The third kappa shape index (κ3) is 8.52. The minimum Gasteiger partial charge on any atom is -0.497 e. The van der Waals surface area contributed by atoms with Crippen molar-refractivity contribution in [3.05, 3.63) is 88.4 Å². The van der Waals surface area contributed by atoms with Crippen LogP contribution in [0.5, 0.6) is 5.75 Å². The molecule has 1 fully saturated rings. The zero-order valence-corrected chi connectivity index (χ0v) is 27.4. The number of hydrogen-bond donors (Lipinski definition) is 1. The molecule has 0 heterocycles. The fraction of sp³-hybridized carbons (Fsp3) is 0.394. The van der Waals surface area contributed by atoms with Crippen molar-refractivity contribution < 1.29 is 35.9 Å². The van der Waals surface area contributed by atoms with Crippen LogP contribution in [0.4, 0.5) is 18.9 Å². The van der Waals surface area contributed by atoms with Gasteiger partial charge in [-0.15, -0.1) is 0 Å². The van der Waals surface area contributed by atoms with Crippen molar-refractivity contribution in [3.63, 3.8) is 0 Å². The Kier molecular flexibility index (Phi) is 11.3. The molecule has 1 atom stereocenters. The van der Waals surface area contributed by atoms with Crippen molar-refractivity contribution in [1.82, 2.24) is 10.2 Å². The van der Waals surface area contributed by atoms with Gasteiger partial charge in [0, 0.05) is 12.6 Å². The van der Waals surface area contributed by atoms with Crippen LogP contribution in [0.15, 0.2) is 71.6 Å². The topological polar surface area (TPSA) is 96.0 Å². The number of nitrogens with zero attached hydrogens (tertiary/aromatic N) is 2. The fourth-order valence-corrected chi connectivity index (χ4v) is 6.96. The van der Waals surface area contributed by atoms with Crippen LogP contribution >= 0.6 is 11.6 Å². The molecule has 0 bridgehead atoms. The molecule has 0 aliphatic heterocycles. The lowest BCUT2D eigenvalue weighted by Crippen LogP contribution is -2.53. The van der Waals surface area contributed by atoms with Gasteiger partial charge in [-0.1, -0.05) is 60.7 Å². The number of methoxy groups -OCH3 is 1. The zero-order chi connectivity index (χ0) is 33.6. The van der Waals surface area contributed by atoms with Crippen LogP contribution in [0.1, 0.15) is 55.7 Å². The highest BCUT2D eigenvalue weighted by Crippen LogP contribution is 2.38. The summed E-state index contributed by atoms with van der Waals surface area (Å²) in [7, 11) is -3.06. The number of rotatable bonds is 11. The average molecular weight is 680 g/mol. The molecule has 1 unspecified atom stereocenters. The van der Waals surface area contributed by atoms with Gasteiger partial charge in [0.2, 0.25) is 11.8 Å². The molecule has 1 aliphatic rings. The zero-order valence-electron chi connectivity index (χ0n) is 25.8. The summed E-state index contributed by atoms with van der Waals surface area (Å²) in [6.07, 6.45) is -0.239. The lowest BCUT2D eigenvalue weighted by atomic mass is 9.95. The summed E-state index contributed by atoms with van der Waals surface area (Å²) in [5.74, 6) is -0.628. The molecule has 1 saturated carbocycles. The predicted octanol–water partition coefficient (Wildman–Crippen LogP) is 6.74. The van der Waals surface area contributed by atoms with Gasteiger partial charge in [0.15, 0.2) is 0 Å². The molecular formula is C33H37ClF3N3O5S. The molecule has 13 heteroatoms. The molecule has 248 valence electrons. The highest BCUT2D eigenvalue weighted by molar-refractivity contribution is 7.92. The number of aryl methyl sites for hydroxylation is 1. The lowest BCUT2D eigenvalue weighted by Gasteiger charge is -2.33. The number of carbonyl (C=O) groups excluding carboxylic acids is 2. The maximum atomic E-state index is 14.1. The molecular weight excluding hydrogens is 643 g/mol. The van der Waals surface area contributed by atoms with Crippen LogP contribution < -0.4 is 14.4 Å². The number of hydrogen-bond acceptors (Lipinski definition) is 5. The Labute approximate surface area is 272 Å². The van der Waals surface area contributed by atoms with Crippen molar-refractivity contribution in [3.8, 4) is 5.75 Å². The normalized spacial score (nSPS) is 14.8. The van der Waals surface area contributed by atoms with Crippen LogP contribution in [0.25, 0.3) is 0 Å². The first-order valence-corrected chi connectivity index (χ1v) is 16.7. The smallest absolute Gasteiger partial charge is 0.417 e. The van der Waals surface area contributed by atoms with Crippen molar-refractivity contribution in [1.29, 1.82) is 0 Å². The minimum absolute atomic E-state index is 0.0464. The molecule has 0 aromatic heterocycles. The van der Waals surface area contributed by atoms with Gasteiger partial charge < -0.3 is 15.0 Å². The number of ether oxygens (including phenoxy) is 1. The van der Waals surface area contributed by atoms with Gasteiger partial charge in [-0.25, -0.2) is 8.42 Å². The fourth-order valence-electron chi connectivity index (χ4n) is 5.33. The van der Waals surface area contributed by atoms with Crippen molar-refractivity contribution in [2.45, 2.75) is 75.7 Å². The van der Waals surface area contributed by atoms with E-state index in [1.807, 2.05) is 0 Å². The van der Waals surface area contributed by atoms with E-state index in [2.05, 4.69) is 5.32 Å². The Morgan fingerprint density at radius 3 is 2.22 bits per heavy atom. The van der Waals surface area contributed by atoms with Crippen LogP contribution in [-0.4, -0.2) is 50.9 Å². The maximum Gasteiger partial charge on any atom is 0.417 e. The molecule has 1 N–H and O–H groups in total. The van der Waals surface area contributed by atoms with Crippen molar-refractivity contribution in [2.24, 2.45) is 0 Å². The van der Waals surface area contributed by atoms with Gasteiger partial charge in [-0.2, -0.15) is 13.2 Å². The number of carbonyl (C=O) groups is 2. The number of halogens is 4. The Morgan fingerprint density at radius 1 is 1.00 bits per heavy atom. The van der Waals surface area contributed by atoms with E-state index in [4.69, 9.17) is 16.3 Å². The van der Waals surface area contributed by atoms with Crippen LogP contribution in [0.3, 0.4) is 0 Å². The van der Waals surface area contributed by atoms with Crippen LogP contribution in [-0.2, 0) is 32.3 Å². The van der Waals surface area contributed by atoms with Crippen LogP contribution in [0.2, 0.25) is 5.02 Å². The highest BCUT2D eigenvalue weighted by atomic mass is 35.5. The Hall–Kier alpha value is -3.77. The van der Waals surface area contributed by atoms with E-state index in [0.717, 1.165) is 49.8 Å². The molecule has 1 aliphatic carbocycles. The molecule has 0 radical (unpaired) electrons. The molecule has 4 rings (SSSR count). The van der Waals surface area contributed by atoms with Gasteiger partial charge in [0.1, 0.15) is 18.3 Å². The number of amides is 2. The molecule has 8 nitrogen and oxygen atoms in total. The first kappa shape index (κ1) is 35.1. The van der Waals surface area contributed by atoms with Gasteiger partial charge in [0.05, 0.1) is 28.3 Å². The summed E-state index contributed by atoms with van der Waals surface area (Å²) in [6, 6.07) is 14.1. The van der Waals surface area contributed by atoms with E-state index >= 15 is 0 Å². The summed E-state index contributed by atoms with van der Waals surface area (Å²) >= 11 is 5.84. The lowest BCUT2D eigenvalue weighted by molar-refractivity contribution is -0.139. The number of alkyl halides is 3. The Bertz CT molecular complexity index is 1630. The Balaban J connectivity index is 1.74. The van der Waals surface area contributed by atoms with Gasteiger partial charge in [-0.05, 0) is 74.7 Å². The van der Waals surface area contributed by atoms with E-state index < -0.39 is 56.9 Å². The predicted molar refractivity (Wildman–Crippen MR) is 170 cm³/mol. The Morgan fingerprint density at radius 2 is 1.63 bits per heavy atom. The second-order valence-corrected chi connectivity index (χ2v) is 13.6. The average Bonchev–Trinajstić information content (AvgIpc) is 3.02. The number of benzene rings is 3. The monoisotopic (exact) mass is 679 g/mol. The number of anilines is 1. The standard InChI is InChI=1S/C33H37ClF3N3O5S/c1-22-9-16-28(17-10-22)46(43,44)40(26-13-18-30(34)29(19-26)33(35,36)37)21-31(41)39(20-24-11-14-27(45-3)15-12-24)23(2)32(42)38-25-7-5-4-6-8-25/h9-19,23,25H,4-8,20-21H2,1-3H3,(H,38,42). The second-order valence-electron chi connectivity index (χ2n) is 11.4. The molecule has 46 heavy (non-hydrogen) atoms. The third-order valence-electron chi connectivity index (χ3n) is 8.06. The summed E-state index contributed by atoms with van der Waals surface area (Å²) in [6.45, 7) is 2.34. The van der Waals surface area contributed by atoms with Gasteiger partial charge in [0.25, 0.3) is 10.0 Å². The largest absolute Gasteiger partial charge is 0.497 e. The van der Waals surface area contributed by atoms with Crippen molar-refractivity contribution in [2.75, 3.05) is 18.0 Å². The SMILES string of the molecule is COc1ccc(CN(C(=O)CN(c2ccc(Cl)c(C(F)(F)F)c2)S(=O)(=O)c2ccc(C)cc2)C(C)C(=O)NC2CCCCC2)cc1. The summed E-state index contributed by atoms with van der Waals surface area (Å²) in [5.41, 5.74) is -0.269. The second kappa shape index (κ2) is 14.8. The quantitative estimate of drug-likeness (QED) is 0.242. The molecule has 0 saturated heterocycles. The number of sulfonamides is 1. The summed E-state index contributed by atoms with van der Waals surface area (Å²) in [4.78, 5) is 28.6. The maximum absolute atomic E-state index is 14.1. The molecule has 3 aromatic rings.